The third-order valence-electron chi connectivity index (χ3n) is 3.00. The van der Waals surface area contributed by atoms with E-state index in [-0.39, 0.29) is 5.69 Å². The first-order chi connectivity index (χ1) is 11.1. The average molecular weight is 328 g/mol. The molecule has 0 fully saturated rings. The number of non-ortho nitro benzene ring substituents is 1. The van der Waals surface area contributed by atoms with Crippen molar-refractivity contribution in [2.75, 3.05) is 6.54 Å². The van der Waals surface area contributed by atoms with Crippen LogP contribution in [0, 0.1) is 10.1 Å². The van der Waals surface area contributed by atoms with Crippen molar-refractivity contribution in [3.8, 4) is 0 Å². The fourth-order valence-corrected chi connectivity index (χ4v) is 2.04. The predicted molar refractivity (Wildman–Crippen MR) is 94.6 cm³/mol. The lowest BCUT2D eigenvalue weighted by atomic mass is 10.1. The second kappa shape index (κ2) is 8.60. The molecule has 6 nitrogen and oxygen atoms in total. The van der Waals surface area contributed by atoms with E-state index in [9.17, 15) is 10.1 Å². The van der Waals surface area contributed by atoms with Crippen LogP contribution in [0.4, 0.5) is 5.69 Å². The van der Waals surface area contributed by atoms with Gasteiger partial charge in [0, 0.05) is 24.2 Å². The molecular weight excluding hydrogens is 312 g/mol. The number of hydrogen-bond donors (Lipinski definition) is 2. The number of hydrogen-bond acceptors (Lipinski definition) is 4. The fourth-order valence-electron chi connectivity index (χ4n) is 1.89. The molecule has 118 valence electrons. The Bertz CT molecular complexity index is 704. The molecule has 7 heteroatoms. The van der Waals surface area contributed by atoms with Crippen LogP contribution in [0.15, 0.2) is 59.7 Å². The largest absolute Gasteiger partial charge is 0.361 e. The smallest absolute Gasteiger partial charge is 0.270 e. The summed E-state index contributed by atoms with van der Waals surface area (Å²) in [7, 11) is 0. The molecular formula is C16H16N4O2S. The highest BCUT2D eigenvalue weighted by molar-refractivity contribution is 7.80. The van der Waals surface area contributed by atoms with Crippen molar-refractivity contribution in [1.82, 2.24) is 10.7 Å². The number of nitro groups is 1. The summed E-state index contributed by atoms with van der Waals surface area (Å²) in [6, 6.07) is 16.3. The van der Waals surface area contributed by atoms with Crippen molar-refractivity contribution in [2.45, 2.75) is 6.42 Å². The Morgan fingerprint density at radius 2 is 2.00 bits per heavy atom. The molecule has 2 N–H and O–H groups in total. The Morgan fingerprint density at radius 1 is 1.22 bits per heavy atom. The normalized spacial score (nSPS) is 10.4. The Labute approximate surface area is 139 Å². The number of nitrogens with zero attached hydrogens (tertiary/aromatic N) is 2. The molecule has 0 bridgehead atoms. The first-order valence-electron chi connectivity index (χ1n) is 7.00. The standard InChI is InChI=1S/C16H16N4O2S/c21-20(22)15-8-4-7-14(11-15)12-18-19-16(23)17-10-9-13-5-2-1-3-6-13/h1-8,11-12H,9-10H2,(H2,17,19,23). The molecule has 0 amide bonds. The van der Waals surface area contributed by atoms with Crippen molar-refractivity contribution in [3.05, 3.63) is 75.8 Å². The first kappa shape index (κ1) is 16.6. The van der Waals surface area contributed by atoms with Gasteiger partial charge in [-0.2, -0.15) is 5.10 Å². The lowest BCUT2D eigenvalue weighted by molar-refractivity contribution is -0.384. The molecule has 0 unspecified atom stereocenters. The number of nitro benzene ring substituents is 1. The molecule has 0 aliphatic carbocycles. The van der Waals surface area contributed by atoms with E-state index in [0.29, 0.717) is 17.2 Å². The highest BCUT2D eigenvalue weighted by atomic mass is 32.1. The summed E-state index contributed by atoms with van der Waals surface area (Å²) in [6.07, 6.45) is 2.34. The summed E-state index contributed by atoms with van der Waals surface area (Å²) < 4.78 is 0. The van der Waals surface area contributed by atoms with Crippen LogP contribution in [0.5, 0.6) is 0 Å². The monoisotopic (exact) mass is 328 g/mol. The van der Waals surface area contributed by atoms with Crippen molar-refractivity contribution in [1.29, 1.82) is 0 Å². The van der Waals surface area contributed by atoms with E-state index in [1.807, 2.05) is 18.2 Å². The van der Waals surface area contributed by atoms with Gasteiger partial charge in [-0.1, -0.05) is 42.5 Å². The zero-order valence-corrected chi connectivity index (χ0v) is 13.1. The molecule has 2 rings (SSSR count). The molecule has 0 atom stereocenters. The van der Waals surface area contributed by atoms with Gasteiger partial charge in [0.15, 0.2) is 5.11 Å². The molecule has 2 aromatic carbocycles. The van der Waals surface area contributed by atoms with Gasteiger partial charge in [-0.3, -0.25) is 15.5 Å². The van der Waals surface area contributed by atoms with Gasteiger partial charge in [0.2, 0.25) is 0 Å². The van der Waals surface area contributed by atoms with Crippen molar-refractivity contribution in [3.63, 3.8) is 0 Å². The number of nitrogens with one attached hydrogen (secondary N) is 2. The van der Waals surface area contributed by atoms with Crippen LogP contribution in [0.3, 0.4) is 0 Å². The number of benzene rings is 2. The predicted octanol–water partition coefficient (Wildman–Crippen LogP) is 2.64. The highest BCUT2D eigenvalue weighted by Crippen LogP contribution is 2.11. The van der Waals surface area contributed by atoms with Crippen LogP contribution in [-0.2, 0) is 6.42 Å². The van der Waals surface area contributed by atoms with E-state index in [2.05, 4.69) is 28.0 Å². The van der Waals surface area contributed by atoms with Gasteiger partial charge in [-0.05, 0) is 24.2 Å². The summed E-state index contributed by atoms with van der Waals surface area (Å²) in [5, 5.41) is 18.1. The van der Waals surface area contributed by atoms with Crippen molar-refractivity contribution >= 4 is 29.2 Å². The van der Waals surface area contributed by atoms with E-state index in [1.54, 1.807) is 12.1 Å². The molecule has 0 radical (unpaired) electrons. The van der Waals surface area contributed by atoms with Crippen LogP contribution in [-0.4, -0.2) is 22.8 Å². The van der Waals surface area contributed by atoms with E-state index in [1.165, 1.54) is 23.9 Å². The summed E-state index contributed by atoms with van der Waals surface area (Å²) in [5.74, 6) is 0. The molecule has 23 heavy (non-hydrogen) atoms. The van der Waals surface area contributed by atoms with Gasteiger partial charge in [-0.15, -0.1) is 0 Å². The van der Waals surface area contributed by atoms with Crippen LogP contribution in [0.2, 0.25) is 0 Å². The van der Waals surface area contributed by atoms with Crippen LogP contribution >= 0.6 is 12.2 Å². The van der Waals surface area contributed by atoms with Crippen LogP contribution in [0.25, 0.3) is 0 Å². The fraction of sp³-hybridized carbons (Fsp3) is 0.125. The Hall–Kier alpha value is -2.80. The SMILES string of the molecule is O=[N+]([O-])c1cccc(C=NNC(=S)NCCc2ccccc2)c1. The molecule has 0 aliphatic heterocycles. The zero-order valence-electron chi connectivity index (χ0n) is 12.3. The molecule has 0 saturated carbocycles. The maximum absolute atomic E-state index is 10.7. The quantitative estimate of drug-likeness (QED) is 0.369. The van der Waals surface area contributed by atoms with Gasteiger partial charge >= 0.3 is 0 Å². The Kier molecular flexibility index (Phi) is 6.19. The van der Waals surface area contributed by atoms with Crippen molar-refractivity contribution in [2.24, 2.45) is 5.10 Å². The third-order valence-corrected chi connectivity index (χ3v) is 3.24. The molecule has 2 aromatic rings. The minimum Gasteiger partial charge on any atom is -0.361 e. The van der Waals surface area contributed by atoms with Crippen LogP contribution < -0.4 is 10.7 Å². The summed E-state index contributed by atoms with van der Waals surface area (Å²) >= 11 is 5.11. The summed E-state index contributed by atoms with van der Waals surface area (Å²) in [5.41, 5.74) is 4.56. The third kappa shape index (κ3) is 5.84. The van der Waals surface area contributed by atoms with E-state index in [0.717, 1.165) is 6.42 Å². The summed E-state index contributed by atoms with van der Waals surface area (Å²) in [6.45, 7) is 0.697. The van der Waals surface area contributed by atoms with Gasteiger partial charge in [0.1, 0.15) is 0 Å². The molecule has 0 aliphatic rings. The minimum atomic E-state index is -0.444. The lowest BCUT2D eigenvalue weighted by Gasteiger charge is -2.06. The molecule has 0 saturated heterocycles. The highest BCUT2D eigenvalue weighted by Gasteiger charge is 2.03. The van der Waals surface area contributed by atoms with E-state index < -0.39 is 4.92 Å². The van der Waals surface area contributed by atoms with Gasteiger partial charge in [0.05, 0.1) is 11.1 Å². The van der Waals surface area contributed by atoms with Gasteiger partial charge < -0.3 is 5.32 Å². The molecule has 0 aromatic heterocycles. The maximum Gasteiger partial charge on any atom is 0.270 e. The maximum atomic E-state index is 10.7. The van der Waals surface area contributed by atoms with E-state index in [4.69, 9.17) is 12.2 Å². The van der Waals surface area contributed by atoms with Gasteiger partial charge in [-0.25, -0.2) is 0 Å². The van der Waals surface area contributed by atoms with Gasteiger partial charge in [0.25, 0.3) is 5.69 Å². The zero-order chi connectivity index (χ0) is 16.5. The molecule has 0 heterocycles. The lowest BCUT2D eigenvalue weighted by Crippen LogP contribution is -2.33. The van der Waals surface area contributed by atoms with Crippen molar-refractivity contribution < 1.29 is 4.92 Å². The number of rotatable bonds is 6. The Morgan fingerprint density at radius 3 is 2.74 bits per heavy atom. The Balaban J connectivity index is 1.75. The second-order valence-corrected chi connectivity index (χ2v) is 5.12. The molecule has 0 spiro atoms. The second-order valence-electron chi connectivity index (χ2n) is 4.71. The van der Waals surface area contributed by atoms with E-state index >= 15 is 0 Å². The average Bonchev–Trinajstić information content (AvgIpc) is 2.56. The number of thiocarbonyl (C=S) groups is 1. The first-order valence-corrected chi connectivity index (χ1v) is 7.41. The summed E-state index contributed by atoms with van der Waals surface area (Å²) in [4.78, 5) is 10.2. The minimum absolute atomic E-state index is 0.0255. The number of hydrazone groups is 1. The van der Waals surface area contributed by atoms with Crippen LogP contribution in [0.1, 0.15) is 11.1 Å². The topological polar surface area (TPSA) is 79.6 Å².